The summed E-state index contributed by atoms with van der Waals surface area (Å²) >= 11 is 0. The molecule has 7 heteroatoms. The Morgan fingerprint density at radius 2 is 1.96 bits per heavy atom. The molecular weight excluding hydrogens is 330 g/mol. The Balaban J connectivity index is 1.75. The number of nitrogens with zero attached hydrogens (tertiary/aromatic N) is 5. The first-order chi connectivity index (χ1) is 12.6. The van der Waals surface area contributed by atoms with E-state index < -0.39 is 0 Å². The number of carbonyl (C=O) groups is 1. The Morgan fingerprint density at radius 1 is 1.15 bits per heavy atom. The molecule has 0 aliphatic rings. The first-order valence-electron chi connectivity index (χ1n) is 8.21. The Hall–Kier alpha value is -3.48. The number of rotatable bonds is 4. The number of carbonyl (C=O) groups excluding carboxylic acids is 1. The van der Waals surface area contributed by atoms with Gasteiger partial charge in [0.2, 0.25) is 5.82 Å². The molecule has 0 atom stereocenters. The highest BCUT2D eigenvalue weighted by Gasteiger charge is 2.24. The van der Waals surface area contributed by atoms with E-state index in [9.17, 15) is 4.79 Å². The minimum atomic E-state index is -0.310. The smallest absolute Gasteiger partial charge is 0.298 e. The summed E-state index contributed by atoms with van der Waals surface area (Å²) in [7, 11) is 0. The van der Waals surface area contributed by atoms with E-state index >= 15 is 0 Å². The Labute approximate surface area is 149 Å². The number of aryl methyl sites for hydroxylation is 2. The quantitative estimate of drug-likeness (QED) is 0.567. The highest BCUT2D eigenvalue weighted by atomic mass is 16.3. The summed E-state index contributed by atoms with van der Waals surface area (Å²) in [6, 6.07) is 13.2. The molecule has 0 radical (unpaired) electrons. The van der Waals surface area contributed by atoms with Gasteiger partial charge in [0.25, 0.3) is 11.7 Å². The molecule has 0 aliphatic carbocycles. The fraction of sp³-hybridized carbons (Fsp3) is 0.158. The van der Waals surface area contributed by atoms with Gasteiger partial charge in [-0.05, 0) is 44.2 Å². The third-order valence-electron chi connectivity index (χ3n) is 4.11. The van der Waals surface area contributed by atoms with Gasteiger partial charge < -0.3 is 4.42 Å². The normalized spacial score (nSPS) is 11.0. The zero-order chi connectivity index (χ0) is 18.1. The first kappa shape index (κ1) is 16.0. The number of amides is 1. The van der Waals surface area contributed by atoms with E-state index in [0.29, 0.717) is 11.5 Å². The maximum absolute atomic E-state index is 13.2. The van der Waals surface area contributed by atoms with Gasteiger partial charge >= 0.3 is 0 Å². The zero-order valence-corrected chi connectivity index (χ0v) is 14.5. The lowest BCUT2D eigenvalue weighted by molar-refractivity contribution is 0.0973. The standard InChI is InChI=1S/C19H17N5O2/c1-13-5-7-15(8-6-13)23(12-16-4-3-11-26-16)18(25)17-21-19-20-10-9-14(2)24(19)22-17/h3-11H,12H2,1-2H3. The van der Waals surface area contributed by atoms with Crippen LogP contribution in [0.25, 0.3) is 5.78 Å². The van der Waals surface area contributed by atoms with E-state index in [-0.39, 0.29) is 18.3 Å². The number of anilines is 1. The van der Waals surface area contributed by atoms with Crippen LogP contribution in [-0.4, -0.2) is 25.5 Å². The van der Waals surface area contributed by atoms with Gasteiger partial charge in [-0.1, -0.05) is 17.7 Å². The van der Waals surface area contributed by atoms with Gasteiger partial charge in [-0.25, -0.2) is 9.50 Å². The van der Waals surface area contributed by atoms with Gasteiger partial charge in [-0.15, -0.1) is 5.10 Å². The number of hydrogen-bond donors (Lipinski definition) is 0. The van der Waals surface area contributed by atoms with E-state index in [1.54, 1.807) is 27.9 Å². The van der Waals surface area contributed by atoms with Crippen LogP contribution in [0.4, 0.5) is 5.69 Å². The van der Waals surface area contributed by atoms with Crippen LogP contribution in [0.15, 0.2) is 59.3 Å². The third kappa shape index (κ3) is 2.95. The molecule has 0 aliphatic heterocycles. The molecule has 0 fully saturated rings. The van der Waals surface area contributed by atoms with Gasteiger partial charge in [-0.2, -0.15) is 4.98 Å². The van der Waals surface area contributed by atoms with E-state index in [1.165, 1.54) is 0 Å². The fourth-order valence-corrected chi connectivity index (χ4v) is 2.68. The lowest BCUT2D eigenvalue weighted by atomic mass is 10.2. The van der Waals surface area contributed by atoms with Crippen LogP contribution in [0, 0.1) is 13.8 Å². The fourth-order valence-electron chi connectivity index (χ4n) is 2.68. The molecule has 0 N–H and O–H groups in total. The molecular formula is C19H17N5O2. The molecule has 0 bridgehead atoms. The molecule has 0 saturated heterocycles. The SMILES string of the molecule is Cc1ccc(N(Cc2ccco2)C(=O)c2nc3nccc(C)n3n2)cc1. The predicted octanol–water partition coefficient (Wildman–Crippen LogP) is 3.18. The average Bonchev–Trinajstić information content (AvgIpc) is 3.30. The molecule has 3 aromatic heterocycles. The van der Waals surface area contributed by atoms with Crippen molar-refractivity contribution in [2.75, 3.05) is 4.90 Å². The number of aromatic nitrogens is 4. The summed E-state index contributed by atoms with van der Waals surface area (Å²) in [6.45, 7) is 4.18. The molecule has 0 saturated carbocycles. The van der Waals surface area contributed by atoms with Crippen LogP contribution < -0.4 is 4.90 Å². The molecule has 0 spiro atoms. The Morgan fingerprint density at radius 3 is 2.65 bits per heavy atom. The number of furan rings is 1. The van der Waals surface area contributed by atoms with Gasteiger partial charge in [0.1, 0.15) is 5.76 Å². The Bertz CT molecular complexity index is 1050. The average molecular weight is 347 g/mol. The van der Waals surface area contributed by atoms with Crippen molar-refractivity contribution < 1.29 is 9.21 Å². The van der Waals surface area contributed by atoms with Crippen molar-refractivity contribution in [2.45, 2.75) is 20.4 Å². The summed E-state index contributed by atoms with van der Waals surface area (Å²) < 4.78 is 6.98. The highest BCUT2D eigenvalue weighted by molar-refractivity contribution is 6.03. The topological polar surface area (TPSA) is 76.5 Å². The number of fused-ring (bicyclic) bond motifs is 1. The first-order valence-corrected chi connectivity index (χ1v) is 8.21. The minimum Gasteiger partial charge on any atom is -0.467 e. The molecule has 4 rings (SSSR count). The van der Waals surface area contributed by atoms with Crippen LogP contribution >= 0.6 is 0 Å². The van der Waals surface area contributed by atoms with Crippen LogP contribution in [0.5, 0.6) is 0 Å². The van der Waals surface area contributed by atoms with Crippen molar-refractivity contribution in [1.29, 1.82) is 0 Å². The predicted molar refractivity (Wildman–Crippen MR) is 95.9 cm³/mol. The van der Waals surface area contributed by atoms with Gasteiger partial charge in [0, 0.05) is 17.6 Å². The lowest BCUT2D eigenvalue weighted by Crippen LogP contribution is -2.31. The molecule has 130 valence electrons. The molecule has 3 heterocycles. The van der Waals surface area contributed by atoms with Crippen molar-refractivity contribution in [1.82, 2.24) is 19.6 Å². The second kappa shape index (κ2) is 6.44. The highest BCUT2D eigenvalue weighted by Crippen LogP contribution is 2.20. The molecule has 0 unspecified atom stereocenters. The Kier molecular flexibility index (Phi) is 3.96. The van der Waals surface area contributed by atoms with Crippen molar-refractivity contribution in [2.24, 2.45) is 0 Å². The second-order valence-electron chi connectivity index (χ2n) is 6.04. The van der Waals surface area contributed by atoms with E-state index in [2.05, 4.69) is 15.1 Å². The summed E-state index contributed by atoms with van der Waals surface area (Å²) in [6.07, 6.45) is 3.23. The zero-order valence-electron chi connectivity index (χ0n) is 14.5. The monoisotopic (exact) mass is 347 g/mol. The lowest BCUT2D eigenvalue weighted by Gasteiger charge is -2.20. The molecule has 1 amide bonds. The number of benzene rings is 1. The third-order valence-corrected chi connectivity index (χ3v) is 4.11. The summed E-state index contributed by atoms with van der Waals surface area (Å²) in [5, 5.41) is 4.33. The number of hydrogen-bond acceptors (Lipinski definition) is 5. The molecule has 26 heavy (non-hydrogen) atoms. The van der Waals surface area contributed by atoms with Crippen molar-refractivity contribution in [3.63, 3.8) is 0 Å². The van der Waals surface area contributed by atoms with Crippen molar-refractivity contribution >= 4 is 17.4 Å². The van der Waals surface area contributed by atoms with Gasteiger partial charge in [0.15, 0.2) is 0 Å². The van der Waals surface area contributed by atoms with Crippen LogP contribution in [0.1, 0.15) is 27.6 Å². The minimum absolute atomic E-state index is 0.0962. The molecule has 1 aromatic carbocycles. The largest absolute Gasteiger partial charge is 0.467 e. The molecule has 7 nitrogen and oxygen atoms in total. The van der Waals surface area contributed by atoms with Crippen molar-refractivity contribution in [3.8, 4) is 0 Å². The van der Waals surface area contributed by atoms with Gasteiger partial charge in [-0.3, -0.25) is 9.69 Å². The van der Waals surface area contributed by atoms with Crippen LogP contribution in [-0.2, 0) is 6.54 Å². The maximum Gasteiger partial charge on any atom is 0.298 e. The molecule has 4 aromatic rings. The van der Waals surface area contributed by atoms with E-state index in [1.807, 2.05) is 50.2 Å². The van der Waals surface area contributed by atoms with E-state index in [0.717, 1.165) is 16.9 Å². The maximum atomic E-state index is 13.2. The summed E-state index contributed by atoms with van der Waals surface area (Å²) in [5.74, 6) is 0.862. The second-order valence-corrected chi connectivity index (χ2v) is 6.04. The van der Waals surface area contributed by atoms with Gasteiger partial charge in [0.05, 0.1) is 12.8 Å². The summed E-state index contributed by atoms with van der Waals surface area (Å²) in [5.41, 5.74) is 2.72. The van der Waals surface area contributed by atoms with Crippen molar-refractivity contribution in [3.05, 3.63) is 77.8 Å². The van der Waals surface area contributed by atoms with E-state index in [4.69, 9.17) is 4.42 Å². The summed E-state index contributed by atoms with van der Waals surface area (Å²) in [4.78, 5) is 23.2. The van der Waals surface area contributed by atoms with Crippen LogP contribution in [0.2, 0.25) is 0 Å². The van der Waals surface area contributed by atoms with Crippen LogP contribution in [0.3, 0.4) is 0 Å².